The third-order valence-corrected chi connectivity index (χ3v) is 7.31. The molecule has 2 aromatic heterocycles. The van der Waals surface area contributed by atoms with Crippen molar-refractivity contribution in [2.75, 3.05) is 25.5 Å². The number of hydrogen-bond donors (Lipinski definition) is 2. The fourth-order valence-electron chi connectivity index (χ4n) is 4.63. The molecule has 2 aromatic carbocycles. The zero-order chi connectivity index (χ0) is 28.3. The van der Waals surface area contributed by atoms with Crippen LogP contribution in [0.25, 0.3) is 10.9 Å². The normalized spacial score (nSPS) is 14.2. The van der Waals surface area contributed by atoms with Crippen molar-refractivity contribution >= 4 is 39.7 Å². The second-order valence-electron chi connectivity index (χ2n) is 9.88. The number of carbonyl (C=O) groups is 1. The van der Waals surface area contributed by atoms with Crippen molar-refractivity contribution in [3.63, 3.8) is 0 Å². The number of anilines is 2. The van der Waals surface area contributed by atoms with E-state index in [1.165, 1.54) is 23.7 Å². The summed E-state index contributed by atoms with van der Waals surface area (Å²) in [6.07, 6.45) is 5.79. The number of aromatic nitrogens is 3. The zero-order valence-electron chi connectivity index (χ0n) is 22.6. The maximum Gasteiger partial charge on any atom is 0.278 e. The molecule has 0 bridgehead atoms. The lowest BCUT2D eigenvalue weighted by atomic mass is 9.96. The molecule has 1 saturated heterocycles. The van der Waals surface area contributed by atoms with Crippen LogP contribution in [0.1, 0.15) is 32.3 Å². The van der Waals surface area contributed by atoms with E-state index in [2.05, 4.69) is 26.8 Å². The molecule has 10 nitrogen and oxygen atoms in total. The Kier molecular flexibility index (Phi) is 7.85. The van der Waals surface area contributed by atoms with Crippen LogP contribution >= 0.6 is 11.3 Å². The van der Waals surface area contributed by atoms with Crippen molar-refractivity contribution in [2.45, 2.75) is 38.4 Å². The van der Waals surface area contributed by atoms with Gasteiger partial charge < -0.3 is 29.5 Å². The molecule has 208 valence electrons. The van der Waals surface area contributed by atoms with Gasteiger partial charge in [-0.15, -0.1) is 0 Å². The highest BCUT2D eigenvalue weighted by Crippen LogP contribution is 2.39. The number of fused-ring (bicyclic) bond motifs is 1. The van der Waals surface area contributed by atoms with Crippen LogP contribution in [0.5, 0.6) is 22.4 Å². The van der Waals surface area contributed by atoms with Gasteiger partial charge in [-0.25, -0.2) is 15.0 Å². The first-order valence-corrected chi connectivity index (χ1v) is 13.7. The molecular formula is C29H31N5O5S. The summed E-state index contributed by atoms with van der Waals surface area (Å²) in [4.78, 5) is 26.9. The Labute approximate surface area is 236 Å². The van der Waals surface area contributed by atoms with Gasteiger partial charge in [-0.05, 0) is 32.1 Å². The molecule has 1 aliphatic heterocycles. The van der Waals surface area contributed by atoms with E-state index in [9.17, 15) is 9.90 Å². The van der Waals surface area contributed by atoms with Gasteiger partial charge in [0.2, 0.25) is 5.91 Å². The number of amides is 1. The molecule has 0 spiro atoms. The summed E-state index contributed by atoms with van der Waals surface area (Å²) >= 11 is 1.39. The molecular weight excluding hydrogens is 530 g/mol. The molecule has 1 amide bonds. The minimum absolute atomic E-state index is 0.0684. The summed E-state index contributed by atoms with van der Waals surface area (Å²) < 4.78 is 17.9. The monoisotopic (exact) mass is 561 g/mol. The Hall–Kier alpha value is -4.22. The SMILES string of the molecule is C=CC(=O)N1CCC(Oc2cc3c(Nc4cc(Oc5nccs5)ccc4C(C)(C)O)ncnc3cc2OC)CC1. The van der Waals surface area contributed by atoms with Gasteiger partial charge in [-0.2, -0.15) is 0 Å². The molecule has 4 aromatic rings. The lowest BCUT2D eigenvalue weighted by Gasteiger charge is -2.31. The number of carbonyl (C=O) groups excluding carboxylic acids is 1. The lowest BCUT2D eigenvalue weighted by Crippen LogP contribution is -2.41. The predicted molar refractivity (Wildman–Crippen MR) is 154 cm³/mol. The average Bonchev–Trinajstić information content (AvgIpc) is 3.45. The molecule has 40 heavy (non-hydrogen) atoms. The van der Waals surface area contributed by atoms with Crippen LogP contribution in [0, 0.1) is 0 Å². The van der Waals surface area contributed by atoms with Gasteiger partial charge in [-0.1, -0.05) is 24.0 Å². The summed E-state index contributed by atoms with van der Waals surface area (Å²) in [5, 5.41) is 17.3. The van der Waals surface area contributed by atoms with Gasteiger partial charge in [0.05, 0.1) is 18.2 Å². The number of methoxy groups -OCH3 is 1. The summed E-state index contributed by atoms with van der Waals surface area (Å²) in [5.41, 5.74) is 0.813. The second kappa shape index (κ2) is 11.5. The van der Waals surface area contributed by atoms with E-state index >= 15 is 0 Å². The van der Waals surface area contributed by atoms with Gasteiger partial charge in [0.1, 0.15) is 24.0 Å². The predicted octanol–water partition coefficient (Wildman–Crippen LogP) is 5.41. The van der Waals surface area contributed by atoms with E-state index in [4.69, 9.17) is 14.2 Å². The number of piperidine rings is 1. The summed E-state index contributed by atoms with van der Waals surface area (Å²) in [7, 11) is 1.59. The molecule has 5 rings (SSSR count). The van der Waals surface area contributed by atoms with Crippen molar-refractivity contribution < 1.29 is 24.1 Å². The van der Waals surface area contributed by atoms with Crippen molar-refractivity contribution in [1.82, 2.24) is 19.9 Å². The molecule has 1 aliphatic rings. The number of aliphatic hydroxyl groups is 1. The van der Waals surface area contributed by atoms with Gasteiger partial charge >= 0.3 is 0 Å². The number of nitrogens with zero attached hydrogens (tertiary/aromatic N) is 4. The number of likely N-dealkylation sites (tertiary alicyclic amines) is 1. The van der Waals surface area contributed by atoms with Gasteiger partial charge in [0.25, 0.3) is 5.19 Å². The highest BCUT2D eigenvalue weighted by Gasteiger charge is 2.25. The fourth-order valence-corrected chi connectivity index (χ4v) is 5.14. The van der Waals surface area contributed by atoms with Gasteiger partial charge in [0.15, 0.2) is 11.5 Å². The van der Waals surface area contributed by atoms with E-state index in [1.54, 1.807) is 38.1 Å². The maximum atomic E-state index is 12.0. The van der Waals surface area contributed by atoms with Crippen molar-refractivity contribution in [2.24, 2.45) is 0 Å². The number of thiazole rings is 1. The minimum Gasteiger partial charge on any atom is -0.493 e. The first-order chi connectivity index (χ1) is 19.2. The Morgan fingerprint density at radius 1 is 1.18 bits per heavy atom. The van der Waals surface area contributed by atoms with Gasteiger partial charge in [0, 0.05) is 66.3 Å². The van der Waals surface area contributed by atoms with Crippen molar-refractivity contribution in [3.8, 4) is 22.4 Å². The van der Waals surface area contributed by atoms with Crippen molar-refractivity contribution in [1.29, 1.82) is 0 Å². The highest BCUT2D eigenvalue weighted by atomic mass is 32.1. The third kappa shape index (κ3) is 6.00. The maximum absolute atomic E-state index is 12.0. The van der Waals surface area contributed by atoms with E-state index < -0.39 is 5.60 Å². The fraction of sp³-hybridized carbons (Fsp3) is 0.310. The largest absolute Gasteiger partial charge is 0.493 e. The molecule has 0 unspecified atom stereocenters. The zero-order valence-corrected chi connectivity index (χ0v) is 23.4. The number of ether oxygens (including phenoxy) is 3. The smallest absolute Gasteiger partial charge is 0.278 e. The number of rotatable bonds is 9. The number of hydrogen-bond acceptors (Lipinski definition) is 10. The summed E-state index contributed by atoms with van der Waals surface area (Å²) in [5.74, 6) is 2.14. The Bertz CT molecular complexity index is 1510. The Morgan fingerprint density at radius 3 is 2.65 bits per heavy atom. The topological polar surface area (TPSA) is 119 Å². The standard InChI is InChI=1S/C29H31N5O5S/c1-5-26(35)34-11-8-18(9-12-34)38-25-15-20-22(16-24(25)37-4)31-17-32-27(20)33-23-14-19(39-28-30-10-13-40-28)6-7-21(23)29(2,3)36/h5-7,10,13-18,36H,1,8-9,11-12H2,2-4H3,(H,31,32,33). The van der Waals surface area contributed by atoms with Crippen LogP contribution in [0.4, 0.5) is 11.5 Å². The Morgan fingerprint density at radius 2 is 1.98 bits per heavy atom. The molecule has 3 heterocycles. The van der Waals surface area contributed by atoms with E-state index in [1.807, 2.05) is 29.6 Å². The van der Waals surface area contributed by atoms with E-state index in [0.717, 1.165) is 0 Å². The number of benzene rings is 2. The van der Waals surface area contributed by atoms with Crippen LogP contribution in [0.3, 0.4) is 0 Å². The lowest BCUT2D eigenvalue weighted by molar-refractivity contribution is -0.127. The van der Waals surface area contributed by atoms with Crippen LogP contribution in [-0.4, -0.2) is 57.2 Å². The third-order valence-electron chi connectivity index (χ3n) is 6.66. The minimum atomic E-state index is -1.13. The Balaban J connectivity index is 1.46. The van der Waals surface area contributed by atoms with Crippen LogP contribution in [0.2, 0.25) is 0 Å². The van der Waals surface area contributed by atoms with Crippen molar-refractivity contribution in [3.05, 3.63) is 66.5 Å². The summed E-state index contributed by atoms with van der Waals surface area (Å²) in [6.45, 7) is 8.21. The van der Waals surface area contributed by atoms with Gasteiger partial charge in [-0.3, -0.25) is 4.79 Å². The molecule has 11 heteroatoms. The first kappa shape index (κ1) is 27.4. The van der Waals surface area contributed by atoms with Crippen LogP contribution in [0.15, 0.2) is 60.9 Å². The van der Waals surface area contributed by atoms with Crippen LogP contribution in [-0.2, 0) is 10.4 Å². The number of nitrogens with one attached hydrogen (secondary N) is 1. The highest BCUT2D eigenvalue weighted by molar-refractivity contribution is 7.11. The molecule has 2 N–H and O–H groups in total. The molecule has 1 fully saturated rings. The molecule has 0 radical (unpaired) electrons. The quantitative estimate of drug-likeness (QED) is 0.258. The summed E-state index contributed by atoms with van der Waals surface area (Å²) in [6, 6.07) is 9.09. The van der Waals surface area contributed by atoms with Crippen LogP contribution < -0.4 is 19.5 Å². The van der Waals surface area contributed by atoms with E-state index in [0.29, 0.717) is 76.3 Å². The average molecular weight is 562 g/mol. The van der Waals surface area contributed by atoms with E-state index in [-0.39, 0.29) is 12.0 Å². The molecule has 0 aliphatic carbocycles. The molecule has 0 atom stereocenters. The second-order valence-corrected chi connectivity index (χ2v) is 10.7. The molecule has 0 saturated carbocycles. The first-order valence-electron chi connectivity index (χ1n) is 12.9.